The van der Waals surface area contributed by atoms with Crippen LogP contribution in [0.15, 0.2) is 6.08 Å². The standard InChI is InChI=1S/C44H78N4O5S/c1-6-7-8-26-35-51-41-40(46-54-47-41)38-31-28-34-48(5,36-38)42(37-29-27-30-37)52-43(50)45-33-25-23-21-19-17-15-13-11-9-10-12-14-16-18-20-22-24-32-39(49)53-44(2,3)4/h31,37,42H,6-30,32-36H2,1-5H3/p+1. The zero-order chi connectivity index (χ0) is 38.9. The molecule has 1 aromatic heterocycles. The van der Waals surface area contributed by atoms with E-state index in [0.29, 0.717) is 35.9 Å². The lowest BCUT2D eigenvalue weighted by Gasteiger charge is -2.47. The lowest BCUT2D eigenvalue weighted by atomic mass is 9.82. The number of esters is 1. The fraction of sp³-hybridized carbons (Fsp3) is 0.864. The van der Waals surface area contributed by atoms with Crippen molar-refractivity contribution in [2.75, 3.05) is 33.3 Å². The minimum atomic E-state index is -0.370. The highest BCUT2D eigenvalue weighted by atomic mass is 32.1. The second-order valence-electron chi connectivity index (χ2n) is 17.5. The maximum Gasteiger partial charge on any atom is 0.411 e. The van der Waals surface area contributed by atoms with Crippen LogP contribution in [0.2, 0.25) is 0 Å². The molecule has 10 heteroatoms. The Hall–Kier alpha value is -2.20. The number of likely N-dealkylation sites (N-methyl/N-ethyl adjacent to an activating group) is 1. The predicted octanol–water partition coefficient (Wildman–Crippen LogP) is 11.9. The Labute approximate surface area is 334 Å². The van der Waals surface area contributed by atoms with Crippen molar-refractivity contribution in [3.8, 4) is 5.88 Å². The van der Waals surface area contributed by atoms with Gasteiger partial charge >= 0.3 is 12.1 Å². The molecule has 0 saturated heterocycles. The van der Waals surface area contributed by atoms with E-state index in [4.69, 9.17) is 14.2 Å². The summed E-state index contributed by atoms with van der Waals surface area (Å²) < 4.78 is 27.5. The molecule has 2 heterocycles. The number of nitrogens with zero attached hydrogens (tertiary/aromatic N) is 3. The van der Waals surface area contributed by atoms with Gasteiger partial charge in [-0.15, -0.1) is 4.37 Å². The quantitative estimate of drug-likeness (QED) is 0.0472. The fourth-order valence-corrected chi connectivity index (χ4v) is 8.39. The third-order valence-electron chi connectivity index (χ3n) is 11.2. The topological polar surface area (TPSA) is 99.6 Å². The van der Waals surface area contributed by atoms with E-state index >= 15 is 0 Å². The summed E-state index contributed by atoms with van der Waals surface area (Å²) >= 11 is 1.22. The van der Waals surface area contributed by atoms with Gasteiger partial charge in [-0.05, 0) is 52.9 Å². The van der Waals surface area contributed by atoms with Gasteiger partial charge in [0.25, 0.3) is 5.88 Å². The van der Waals surface area contributed by atoms with Crippen molar-refractivity contribution < 1.29 is 28.3 Å². The highest BCUT2D eigenvalue weighted by Gasteiger charge is 2.46. The molecule has 0 bridgehead atoms. The lowest BCUT2D eigenvalue weighted by Crippen LogP contribution is -2.60. The van der Waals surface area contributed by atoms with E-state index in [9.17, 15) is 9.59 Å². The molecule has 2 unspecified atom stereocenters. The molecule has 2 aliphatic rings. The Balaban J connectivity index is 1.17. The van der Waals surface area contributed by atoms with Gasteiger partial charge in [0.15, 0.2) is 0 Å². The van der Waals surface area contributed by atoms with Crippen LogP contribution in [-0.2, 0) is 14.3 Å². The first-order chi connectivity index (χ1) is 26.1. The Morgan fingerprint density at radius 3 is 1.96 bits per heavy atom. The first-order valence-electron chi connectivity index (χ1n) is 22.3. The number of nitrogens with one attached hydrogen (secondary N) is 1. The Kier molecular flexibility index (Phi) is 22.8. The van der Waals surface area contributed by atoms with E-state index in [1.54, 1.807) is 0 Å². The molecule has 1 fully saturated rings. The average molecular weight is 776 g/mol. The van der Waals surface area contributed by atoms with E-state index < -0.39 is 0 Å². The van der Waals surface area contributed by atoms with Crippen molar-refractivity contribution in [3.05, 3.63) is 11.8 Å². The number of hydrogen-bond donors (Lipinski definition) is 1. The first kappa shape index (κ1) is 46.2. The molecule has 9 nitrogen and oxygen atoms in total. The van der Waals surface area contributed by atoms with Gasteiger partial charge in [-0.2, -0.15) is 4.37 Å². The van der Waals surface area contributed by atoms with Crippen LogP contribution in [0, 0.1) is 5.92 Å². The molecular formula is C44H79N4O5S+. The van der Waals surface area contributed by atoms with E-state index in [2.05, 4.69) is 34.1 Å². The van der Waals surface area contributed by atoms with Gasteiger partial charge in [-0.1, -0.05) is 135 Å². The summed E-state index contributed by atoms with van der Waals surface area (Å²) in [6.45, 7) is 11.1. The maximum absolute atomic E-state index is 13.1. The minimum absolute atomic E-state index is 0.0602. The number of ether oxygens (including phenoxy) is 3. The average Bonchev–Trinajstić information content (AvgIpc) is 3.57. The van der Waals surface area contributed by atoms with Crippen LogP contribution in [0.4, 0.5) is 4.79 Å². The van der Waals surface area contributed by atoms with Crippen LogP contribution < -0.4 is 10.1 Å². The smallest absolute Gasteiger partial charge is 0.411 e. The first-order valence-corrected chi connectivity index (χ1v) is 23.0. The Morgan fingerprint density at radius 2 is 1.41 bits per heavy atom. The second-order valence-corrected chi connectivity index (χ2v) is 18.0. The van der Waals surface area contributed by atoms with E-state index in [-0.39, 0.29) is 23.9 Å². The predicted molar refractivity (Wildman–Crippen MR) is 223 cm³/mol. The summed E-state index contributed by atoms with van der Waals surface area (Å²) in [5, 5.41) is 3.08. The summed E-state index contributed by atoms with van der Waals surface area (Å²) in [4.78, 5) is 24.8. The third-order valence-corrected chi connectivity index (χ3v) is 11.7. The summed E-state index contributed by atoms with van der Waals surface area (Å²) in [5.41, 5.74) is 1.67. The molecule has 0 aromatic carbocycles. The van der Waals surface area contributed by atoms with Crippen molar-refractivity contribution in [1.29, 1.82) is 0 Å². The van der Waals surface area contributed by atoms with Gasteiger partial charge in [-0.25, -0.2) is 4.79 Å². The van der Waals surface area contributed by atoms with E-state index in [0.717, 1.165) is 75.7 Å². The Bertz CT molecular complexity index is 1200. The summed E-state index contributed by atoms with van der Waals surface area (Å²) in [6, 6.07) is 0. The molecule has 1 aliphatic carbocycles. The van der Waals surface area contributed by atoms with Crippen LogP contribution in [0.25, 0.3) is 5.57 Å². The fourth-order valence-electron chi connectivity index (χ4n) is 7.86. The molecule has 54 heavy (non-hydrogen) atoms. The second kappa shape index (κ2) is 26.6. The maximum atomic E-state index is 13.1. The van der Waals surface area contributed by atoms with E-state index in [1.165, 1.54) is 121 Å². The highest BCUT2D eigenvalue weighted by Crippen LogP contribution is 2.39. The molecule has 1 saturated carbocycles. The van der Waals surface area contributed by atoms with Crippen LogP contribution in [0.5, 0.6) is 5.88 Å². The van der Waals surface area contributed by atoms with Gasteiger partial charge in [-0.3, -0.25) is 9.28 Å². The largest absolute Gasteiger partial charge is 0.475 e. The van der Waals surface area contributed by atoms with Crippen molar-refractivity contribution in [1.82, 2.24) is 14.1 Å². The highest BCUT2D eigenvalue weighted by molar-refractivity contribution is 6.99. The van der Waals surface area contributed by atoms with Crippen LogP contribution in [-0.4, -0.2) is 70.4 Å². The summed E-state index contributed by atoms with van der Waals surface area (Å²) in [7, 11) is 2.25. The number of carbonyl (C=O) groups is 2. The van der Waals surface area contributed by atoms with Gasteiger partial charge in [0.2, 0.25) is 6.23 Å². The number of alkyl carbamates (subject to hydrolysis) is 1. The number of aromatic nitrogens is 2. The number of carbonyl (C=O) groups excluding carboxylic acids is 2. The molecule has 0 spiro atoms. The van der Waals surface area contributed by atoms with E-state index in [1.807, 2.05) is 20.8 Å². The summed E-state index contributed by atoms with van der Waals surface area (Å²) in [6.07, 6.45) is 32.9. The number of unbranched alkanes of at least 4 members (excludes halogenated alkanes) is 19. The SMILES string of the molecule is CCCCCCOc1nsnc1C1=CCC[N+](C)(C(OC(=O)NCCCCCCCCCCCCCCCCCCCC(=O)OC(C)(C)C)C2CCC2)C1. The normalized spacial score (nSPS) is 18.1. The van der Waals surface area contributed by atoms with Gasteiger partial charge in [0.05, 0.1) is 31.9 Å². The molecule has 1 amide bonds. The Morgan fingerprint density at radius 1 is 0.833 bits per heavy atom. The third kappa shape index (κ3) is 19.1. The summed E-state index contributed by atoms with van der Waals surface area (Å²) in [5.74, 6) is 1.01. The molecular weight excluding hydrogens is 697 g/mol. The lowest BCUT2D eigenvalue weighted by molar-refractivity contribution is -0.951. The molecule has 1 aliphatic heterocycles. The molecule has 310 valence electrons. The molecule has 3 rings (SSSR count). The minimum Gasteiger partial charge on any atom is -0.475 e. The van der Waals surface area contributed by atoms with Crippen LogP contribution >= 0.6 is 11.7 Å². The molecule has 1 aromatic rings. The number of hydrogen-bond acceptors (Lipinski definition) is 8. The van der Waals surface area contributed by atoms with Gasteiger partial charge in [0, 0.05) is 30.9 Å². The van der Waals surface area contributed by atoms with Crippen LogP contribution in [0.1, 0.15) is 200 Å². The van der Waals surface area contributed by atoms with Gasteiger partial charge < -0.3 is 19.5 Å². The van der Waals surface area contributed by atoms with Crippen LogP contribution in [0.3, 0.4) is 0 Å². The van der Waals surface area contributed by atoms with Crippen molar-refractivity contribution in [2.24, 2.45) is 5.92 Å². The van der Waals surface area contributed by atoms with Crippen molar-refractivity contribution in [3.63, 3.8) is 0 Å². The molecule has 1 N–H and O–H groups in total. The van der Waals surface area contributed by atoms with Crippen molar-refractivity contribution in [2.45, 2.75) is 206 Å². The molecule has 0 radical (unpaired) electrons. The van der Waals surface area contributed by atoms with Crippen molar-refractivity contribution >= 4 is 29.4 Å². The monoisotopic (exact) mass is 776 g/mol. The number of quaternary nitrogens is 1. The number of rotatable bonds is 30. The number of amides is 1. The zero-order valence-corrected chi connectivity index (χ0v) is 36.1. The molecule has 2 atom stereocenters. The van der Waals surface area contributed by atoms with Gasteiger partial charge in [0.1, 0.15) is 17.8 Å². The zero-order valence-electron chi connectivity index (χ0n) is 35.2.